The number of amides is 1. The lowest BCUT2D eigenvalue weighted by molar-refractivity contribution is -0.116. The number of ketones is 1. The number of Topliss-reactive ketones (excluding diaryl/α,β-unsaturated/α-hetero) is 1. The molecule has 1 atom stereocenters. The molecular formula is C23H23N3O4. The van der Waals surface area contributed by atoms with Crippen LogP contribution in [0.3, 0.4) is 0 Å². The van der Waals surface area contributed by atoms with Crippen molar-refractivity contribution in [3.05, 3.63) is 58.7 Å². The van der Waals surface area contributed by atoms with E-state index in [1.807, 2.05) is 44.2 Å². The molecule has 1 amide bonds. The zero-order valence-electron chi connectivity index (χ0n) is 17.3. The summed E-state index contributed by atoms with van der Waals surface area (Å²) in [5.74, 6) is 0.615. The molecule has 0 saturated carbocycles. The molecule has 1 aromatic heterocycles. The van der Waals surface area contributed by atoms with E-state index in [-0.39, 0.29) is 18.1 Å². The standard InChI is InChI=1S/C23H23N3O4/c1-12-5-6-13(2)15(9-12)22(28)16-11-19(27)24-23-20(16)21(25-26-23)14-7-8-17(29-3)18(10-14)30-4/h5-10,16H,11H2,1-4H3,(H2,24,25,26,27). The minimum Gasteiger partial charge on any atom is -0.493 e. The molecule has 0 spiro atoms. The molecule has 0 saturated heterocycles. The van der Waals surface area contributed by atoms with Gasteiger partial charge in [0.25, 0.3) is 0 Å². The summed E-state index contributed by atoms with van der Waals surface area (Å²) in [4.78, 5) is 25.8. The molecule has 1 aliphatic heterocycles. The Balaban J connectivity index is 1.83. The highest BCUT2D eigenvalue weighted by atomic mass is 16.5. The molecule has 0 radical (unpaired) electrons. The van der Waals surface area contributed by atoms with Gasteiger partial charge in [-0.1, -0.05) is 17.7 Å². The number of benzene rings is 2. The lowest BCUT2D eigenvalue weighted by Gasteiger charge is -2.23. The quantitative estimate of drug-likeness (QED) is 0.626. The van der Waals surface area contributed by atoms with Crippen molar-refractivity contribution >= 4 is 17.5 Å². The van der Waals surface area contributed by atoms with Gasteiger partial charge in [-0.3, -0.25) is 14.7 Å². The van der Waals surface area contributed by atoms with Gasteiger partial charge in [0, 0.05) is 23.1 Å². The Kier molecular flexibility index (Phi) is 5.03. The molecule has 2 N–H and O–H groups in total. The van der Waals surface area contributed by atoms with E-state index < -0.39 is 5.92 Å². The fourth-order valence-electron chi connectivity index (χ4n) is 3.88. The summed E-state index contributed by atoms with van der Waals surface area (Å²) >= 11 is 0. The van der Waals surface area contributed by atoms with Crippen molar-refractivity contribution in [1.82, 2.24) is 10.2 Å². The first-order valence-corrected chi connectivity index (χ1v) is 9.65. The molecular weight excluding hydrogens is 382 g/mol. The van der Waals surface area contributed by atoms with Gasteiger partial charge in [-0.15, -0.1) is 0 Å². The zero-order valence-corrected chi connectivity index (χ0v) is 17.3. The molecule has 0 fully saturated rings. The molecule has 1 aliphatic rings. The van der Waals surface area contributed by atoms with Gasteiger partial charge in [-0.25, -0.2) is 0 Å². The lowest BCUT2D eigenvalue weighted by atomic mass is 9.83. The van der Waals surface area contributed by atoms with Crippen LogP contribution < -0.4 is 14.8 Å². The van der Waals surface area contributed by atoms with Gasteiger partial charge in [0.05, 0.1) is 25.8 Å². The Morgan fingerprint density at radius 1 is 1.07 bits per heavy atom. The highest BCUT2D eigenvalue weighted by Gasteiger charge is 2.36. The van der Waals surface area contributed by atoms with Crippen LogP contribution in [0.2, 0.25) is 0 Å². The van der Waals surface area contributed by atoms with Gasteiger partial charge in [0.2, 0.25) is 5.91 Å². The second kappa shape index (κ2) is 7.67. The molecule has 7 heteroatoms. The second-order valence-corrected chi connectivity index (χ2v) is 7.42. The number of aryl methyl sites for hydroxylation is 2. The Morgan fingerprint density at radius 3 is 2.57 bits per heavy atom. The van der Waals surface area contributed by atoms with Gasteiger partial charge in [0.1, 0.15) is 0 Å². The van der Waals surface area contributed by atoms with Crippen molar-refractivity contribution in [2.75, 3.05) is 19.5 Å². The molecule has 30 heavy (non-hydrogen) atoms. The second-order valence-electron chi connectivity index (χ2n) is 7.42. The van der Waals surface area contributed by atoms with Crippen molar-refractivity contribution < 1.29 is 19.1 Å². The third-order valence-corrected chi connectivity index (χ3v) is 5.45. The summed E-state index contributed by atoms with van der Waals surface area (Å²) in [5.41, 5.74) is 4.66. The smallest absolute Gasteiger partial charge is 0.226 e. The van der Waals surface area contributed by atoms with Gasteiger partial charge >= 0.3 is 0 Å². The first kappa shape index (κ1) is 19.7. The number of H-pyrrole nitrogens is 1. The minimum absolute atomic E-state index is 0.0685. The number of methoxy groups -OCH3 is 2. The maximum absolute atomic E-state index is 13.5. The minimum atomic E-state index is -0.629. The maximum Gasteiger partial charge on any atom is 0.226 e. The molecule has 2 aromatic carbocycles. The van der Waals surface area contributed by atoms with Crippen LogP contribution in [-0.4, -0.2) is 36.1 Å². The number of ether oxygens (including phenoxy) is 2. The monoisotopic (exact) mass is 405 g/mol. The summed E-state index contributed by atoms with van der Waals surface area (Å²) in [6.07, 6.45) is 0.0685. The third-order valence-electron chi connectivity index (χ3n) is 5.45. The van der Waals surface area contributed by atoms with Gasteiger partial charge < -0.3 is 14.8 Å². The van der Waals surface area contributed by atoms with E-state index in [2.05, 4.69) is 15.5 Å². The van der Waals surface area contributed by atoms with Crippen LogP contribution in [0.15, 0.2) is 36.4 Å². The molecule has 3 aromatic rings. The first-order valence-electron chi connectivity index (χ1n) is 9.65. The van der Waals surface area contributed by atoms with Crippen molar-refractivity contribution in [3.8, 4) is 22.8 Å². The van der Waals surface area contributed by atoms with Crippen molar-refractivity contribution in [3.63, 3.8) is 0 Å². The van der Waals surface area contributed by atoms with E-state index in [9.17, 15) is 9.59 Å². The summed E-state index contributed by atoms with van der Waals surface area (Å²) in [5, 5.41) is 10.0. The molecule has 1 unspecified atom stereocenters. The number of fused-ring (bicyclic) bond motifs is 1. The van der Waals surface area contributed by atoms with Crippen molar-refractivity contribution in [1.29, 1.82) is 0 Å². The fourth-order valence-corrected chi connectivity index (χ4v) is 3.88. The van der Waals surface area contributed by atoms with E-state index >= 15 is 0 Å². The molecule has 154 valence electrons. The molecule has 7 nitrogen and oxygen atoms in total. The average molecular weight is 405 g/mol. The maximum atomic E-state index is 13.5. The number of aromatic amines is 1. The predicted octanol–water partition coefficient (Wildman–Crippen LogP) is 4.02. The average Bonchev–Trinajstić information content (AvgIpc) is 3.17. The molecule has 4 rings (SSSR count). The van der Waals surface area contributed by atoms with E-state index in [0.717, 1.165) is 16.7 Å². The van der Waals surface area contributed by atoms with E-state index in [4.69, 9.17) is 9.47 Å². The van der Waals surface area contributed by atoms with Crippen molar-refractivity contribution in [2.24, 2.45) is 0 Å². The van der Waals surface area contributed by atoms with Crippen LogP contribution in [0.25, 0.3) is 11.3 Å². The normalized spacial score (nSPS) is 15.3. The predicted molar refractivity (Wildman–Crippen MR) is 113 cm³/mol. The summed E-state index contributed by atoms with van der Waals surface area (Å²) in [7, 11) is 3.14. The number of carbonyl (C=O) groups excluding carboxylic acids is 2. The topological polar surface area (TPSA) is 93.3 Å². The number of hydrogen-bond acceptors (Lipinski definition) is 5. The Hall–Kier alpha value is -3.61. The molecule has 0 aliphatic carbocycles. The Morgan fingerprint density at radius 2 is 1.83 bits per heavy atom. The van der Waals surface area contributed by atoms with E-state index in [0.29, 0.717) is 34.1 Å². The highest BCUT2D eigenvalue weighted by molar-refractivity contribution is 6.09. The SMILES string of the molecule is COc1ccc(-c2[nH]nc3c2C(C(=O)c2cc(C)ccc2C)CC(=O)N3)cc1OC. The van der Waals surface area contributed by atoms with Crippen LogP contribution in [0.4, 0.5) is 5.82 Å². The van der Waals surface area contributed by atoms with Crippen LogP contribution >= 0.6 is 0 Å². The number of anilines is 1. The van der Waals surface area contributed by atoms with Gasteiger partial charge in [-0.05, 0) is 43.7 Å². The number of nitrogens with zero attached hydrogens (tertiary/aromatic N) is 1. The molecule has 2 heterocycles. The van der Waals surface area contributed by atoms with Crippen LogP contribution in [0.1, 0.15) is 39.4 Å². The number of carbonyl (C=O) groups is 2. The third kappa shape index (κ3) is 3.32. The summed E-state index contributed by atoms with van der Waals surface area (Å²) < 4.78 is 10.7. The lowest BCUT2D eigenvalue weighted by Crippen LogP contribution is -2.27. The van der Waals surface area contributed by atoms with Crippen LogP contribution in [-0.2, 0) is 4.79 Å². The zero-order chi connectivity index (χ0) is 21.4. The number of nitrogens with one attached hydrogen (secondary N) is 2. The van der Waals surface area contributed by atoms with Crippen LogP contribution in [0.5, 0.6) is 11.5 Å². The molecule has 0 bridgehead atoms. The number of rotatable bonds is 5. The first-order chi connectivity index (χ1) is 14.4. The fraction of sp³-hybridized carbons (Fsp3) is 0.261. The van der Waals surface area contributed by atoms with E-state index in [1.165, 1.54) is 0 Å². The van der Waals surface area contributed by atoms with Gasteiger partial charge in [0.15, 0.2) is 23.1 Å². The Labute approximate surface area is 174 Å². The van der Waals surface area contributed by atoms with E-state index in [1.54, 1.807) is 20.3 Å². The van der Waals surface area contributed by atoms with Gasteiger partial charge in [-0.2, -0.15) is 5.10 Å². The number of hydrogen-bond donors (Lipinski definition) is 2. The number of aromatic nitrogens is 2. The largest absolute Gasteiger partial charge is 0.493 e. The highest BCUT2D eigenvalue weighted by Crippen LogP contribution is 2.42. The van der Waals surface area contributed by atoms with Crippen LogP contribution in [0, 0.1) is 13.8 Å². The summed E-state index contributed by atoms with van der Waals surface area (Å²) in [6, 6.07) is 11.3. The Bertz CT molecular complexity index is 1150. The van der Waals surface area contributed by atoms with Crippen molar-refractivity contribution in [2.45, 2.75) is 26.2 Å². The summed E-state index contributed by atoms with van der Waals surface area (Å²) in [6.45, 7) is 3.85.